The minimum Gasteiger partial charge on any atom is -0.494 e. The molecule has 100 valence electrons. The zero-order valence-corrected chi connectivity index (χ0v) is 11.9. The van der Waals surface area contributed by atoms with E-state index >= 15 is 0 Å². The molecule has 0 saturated heterocycles. The predicted molar refractivity (Wildman–Crippen MR) is 79.2 cm³/mol. The van der Waals surface area contributed by atoms with Gasteiger partial charge in [0.15, 0.2) is 0 Å². The molecule has 1 heterocycles. The molecule has 0 fully saturated rings. The van der Waals surface area contributed by atoms with E-state index in [1.165, 1.54) is 0 Å². The van der Waals surface area contributed by atoms with Crippen LogP contribution in [0.2, 0.25) is 0 Å². The van der Waals surface area contributed by atoms with E-state index in [2.05, 4.69) is 31.2 Å². The summed E-state index contributed by atoms with van der Waals surface area (Å²) in [6.45, 7) is 1.40. The van der Waals surface area contributed by atoms with Crippen LogP contribution in [-0.2, 0) is 0 Å². The van der Waals surface area contributed by atoms with Crippen molar-refractivity contribution in [1.82, 2.24) is 9.97 Å². The first-order valence-electron chi connectivity index (χ1n) is 5.95. The third kappa shape index (κ3) is 4.40. The van der Waals surface area contributed by atoms with Crippen LogP contribution in [0, 0.1) is 0 Å². The number of nitrogens with two attached hydrogens (primary N) is 1. The Bertz CT molecular complexity index is 521. The molecule has 0 saturated carbocycles. The summed E-state index contributed by atoms with van der Waals surface area (Å²) in [7, 11) is 0. The maximum absolute atomic E-state index is 5.59. The van der Waals surface area contributed by atoms with Gasteiger partial charge in [0.25, 0.3) is 0 Å². The van der Waals surface area contributed by atoms with Crippen LogP contribution < -0.4 is 15.8 Å². The number of nitrogen functional groups attached to an aromatic ring is 1. The van der Waals surface area contributed by atoms with Crippen molar-refractivity contribution < 1.29 is 4.74 Å². The number of anilines is 2. The standard InChI is InChI=1S/C13H15BrN4O/c14-11-9-17-13(15)18-12(11)16-7-4-8-19-10-5-2-1-3-6-10/h1-3,5-6,9H,4,7-8H2,(H3,15,16,17,18). The van der Waals surface area contributed by atoms with Crippen molar-refractivity contribution in [2.75, 3.05) is 24.2 Å². The molecule has 0 atom stereocenters. The number of halogens is 1. The Morgan fingerprint density at radius 3 is 2.84 bits per heavy atom. The Kier molecular flexibility index (Phi) is 4.97. The first-order chi connectivity index (χ1) is 9.25. The quantitative estimate of drug-likeness (QED) is 0.800. The van der Waals surface area contributed by atoms with Crippen molar-refractivity contribution in [3.63, 3.8) is 0 Å². The van der Waals surface area contributed by atoms with Gasteiger partial charge in [-0.25, -0.2) is 4.98 Å². The van der Waals surface area contributed by atoms with Gasteiger partial charge in [-0.1, -0.05) is 18.2 Å². The van der Waals surface area contributed by atoms with Crippen molar-refractivity contribution in [2.24, 2.45) is 0 Å². The van der Waals surface area contributed by atoms with Crippen LogP contribution in [-0.4, -0.2) is 23.1 Å². The minimum absolute atomic E-state index is 0.256. The van der Waals surface area contributed by atoms with Crippen LogP contribution in [0.3, 0.4) is 0 Å². The highest BCUT2D eigenvalue weighted by Gasteiger charge is 2.02. The van der Waals surface area contributed by atoms with E-state index < -0.39 is 0 Å². The summed E-state index contributed by atoms with van der Waals surface area (Å²) < 4.78 is 6.39. The number of hydrogen-bond donors (Lipinski definition) is 2. The zero-order valence-electron chi connectivity index (χ0n) is 10.3. The number of para-hydroxylation sites is 1. The second kappa shape index (κ2) is 6.94. The van der Waals surface area contributed by atoms with E-state index in [0.717, 1.165) is 23.2 Å². The summed E-state index contributed by atoms with van der Waals surface area (Å²) in [6, 6.07) is 9.75. The predicted octanol–water partition coefficient (Wildman–Crippen LogP) is 2.70. The summed E-state index contributed by atoms with van der Waals surface area (Å²) in [6.07, 6.45) is 2.50. The maximum atomic E-state index is 5.59. The molecule has 2 aromatic rings. The molecule has 0 aliphatic heterocycles. The Hall–Kier alpha value is -1.82. The molecule has 19 heavy (non-hydrogen) atoms. The van der Waals surface area contributed by atoms with E-state index in [1.54, 1.807) is 6.20 Å². The van der Waals surface area contributed by atoms with Crippen LogP contribution in [0.25, 0.3) is 0 Å². The van der Waals surface area contributed by atoms with Crippen molar-refractivity contribution in [2.45, 2.75) is 6.42 Å². The molecule has 0 aliphatic carbocycles. The fraction of sp³-hybridized carbons (Fsp3) is 0.231. The van der Waals surface area contributed by atoms with E-state index in [-0.39, 0.29) is 5.95 Å². The van der Waals surface area contributed by atoms with Crippen molar-refractivity contribution in [3.05, 3.63) is 41.0 Å². The molecule has 3 N–H and O–H groups in total. The molecule has 0 radical (unpaired) electrons. The number of ether oxygens (including phenoxy) is 1. The number of benzene rings is 1. The van der Waals surface area contributed by atoms with Gasteiger partial charge in [-0.2, -0.15) is 4.98 Å². The van der Waals surface area contributed by atoms with Crippen LogP contribution >= 0.6 is 15.9 Å². The van der Waals surface area contributed by atoms with Gasteiger partial charge in [-0.15, -0.1) is 0 Å². The van der Waals surface area contributed by atoms with Crippen LogP contribution in [0.15, 0.2) is 41.0 Å². The van der Waals surface area contributed by atoms with Gasteiger partial charge in [0.05, 0.1) is 11.1 Å². The third-order valence-electron chi connectivity index (χ3n) is 2.39. The second-order valence-corrected chi connectivity index (χ2v) is 4.72. The molecule has 5 nitrogen and oxygen atoms in total. The Morgan fingerprint density at radius 2 is 2.05 bits per heavy atom. The number of aromatic nitrogens is 2. The van der Waals surface area contributed by atoms with Gasteiger partial charge in [-0.3, -0.25) is 0 Å². The van der Waals surface area contributed by atoms with Crippen LogP contribution in [0.1, 0.15) is 6.42 Å². The lowest BCUT2D eigenvalue weighted by molar-refractivity contribution is 0.315. The van der Waals surface area contributed by atoms with E-state index in [9.17, 15) is 0 Å². The minimum atomic E-state index is 0.256. The Morgan fingerprint density at radius 1 is 1.26 bits per heavy atom. The summed E-state index contributed by atoms with van der Waals surface area (Å²) in [5.74, 6) is 1.84. The first kappa shape index (κ1) is 13.6. The molecule has 0 bridgehead atoms. The molecule has 0 spiro atoms. The second-order valence-electron chi connectivity index (χ2n) is 3.87. The molecule has 2 rings (SSSR count). The van der Waals surface area contributed by atoms with Gasteiger partial charge in [0.1, 0.15) is 11.6 Å². The lowest BCUT2D eigenvalue weighted by atomic mass is 10.3. The smallest absolute Gasteiger partial charge is 0.221 e. The summed E-state index contributed by atoms with van der Waals surface area (Å²) in [4.78, 5) is 7.97. The SMILES string of the molecule is Nc1ncc(Br)c(NCCCOc2ccccc2)n1. The summed E-state index contributed by atoms with van der Waals surface area (Å²) in [5.41, 5.74) is 5.53. The van der Waals surface area contributed by atoms with E-state index in [0.29, 0.717) is 12.4 Å². The van der Waals surface area contributed by atoms with Gasteiger partial charge >= 0.3 is 0 Å². The lowest BCUT2D eigenvalue weighted by Crippen LogP contribution is -2.09. The first-order valence-corrected chi connectivity index (χ1v) is 6.75. The number of nitrogens with one attached hydrogen (secondary N) is 1. The van der Waals surface area contributed by atoms with Crippen LogP contribution in [0.5, 0.6) is 5.75 Å². The Labute approximate surface area is 120 Å². The largest absolute Gasteiger partial charge is 0.494 e. The Balaban J connectivity index is 1.71. The van der Waals surface area contributed by atoms with E-state index in [4.69, 9.17) is 10.5 Å². The molecule has 0 aliphatic rings. The highest BCUT2D eigenvalue weighted by atomic mass is 79.9. The maximum Gasteiger partial charge on any atom is 0.221 e. The number of rotatable bonds is 6. The van der Waals surface area contributed by atoms with Crippen molar-refractivity contribution in [1.29, 1.82) is 0 Å². The third-order valence-corrected chi connectivity index (χ3v) is 2.97. The average Bonchev–Trinajstić information content (AvgIpc) is 2.43. The van der Waals surface area contributed by atoms with Gasteiger partial charge in [-0.05, 0) is 34.5 Å². The molecule has 0 amide bonds. The fourth-order valence-corrected chi connectivity index (χ4v) is 1.82. The topological polar surface area (TPSA) is 73.1 Å². The highest BCUT2D eigenvalue weighted by Crippen LogP contribution is 2.18. The number of hydrogen-bond acceptors (Lipinski definition) is 5. The van der Waals surface area contributed by atoms with Gasteiger partial charge in [0, 0.05) is 12.7 Å². The molecule has 6 heteroatoms. The molecule has 0 unspecified atom stereocenters. The lowest BCUT2D eigenvalue weighted by Gasteiger charge is -2.08. The molecular formula is C13H15BrN4O. The molecule has 1 aromatic heterocycles. The van der Waals surface area contributed by atoms with Gasteiger partial charge in [0.2, 0.25) is 5.95 Å². The molecular weight excluding hydrogens is 308 g/mol. The molecule has 1 aromatic carbocycles. The highest BCUT2D eigenvalue weighted by molar-refractivity contribution is 9.10. The monoisotopic (exact) mass is 322 g/mol. The number of nitrogens with zero attached hydrogens (tertiary/aromatic N) is 2. The summed E-state index contributed by atoms with van der Waals surface area (Å²) in [5, 5.41) is 3.18. The van der Waals surface area contributed by atoms with Crippen LogP contribution in [0.4, 0.5) is 11.8 Å². The average molecular weight is 323 g/mol. The summed E-state index contributed by atoms with van der Waals surface area (Å²) >= 11 is 3.36. The fourth-order valence-electron chi connectivity index (χ4n) is 1.49. The van der Waals surface area contributed by atoms with Crippen molar-refractivity contribution >= 4 is 27.7 Å². The normalized spacial score (nSPS) is 10.2. The zero-order chi connectivity index (χ0) is 13.5. The van der Waals surface area contributed by atoms with E-state index in [1.807, 2.05) is 30.3 Å². The van der Waals surface area contributed by atoms with Crippen molar-refractivity contribution in [3.8, 4) is 5.75 Å². The van der Waals surface area contributed by atoms with Gasteiger partial charge < -0.3 is 15.8 Å².